The van der Waals surface area contributed by atoms with Crippen LogP contribution in [0.25, 0.3) is 0 Å². The zero-order valence-electron chi connectivity index (χ0n) is 14.0. The van der Waals surface area contributed by atoms with Gasteiger partial charge in [-0.2, -0.15) is 0 Å². The summed E-state index contributed by atoms with van der Waals surface area (Å²) in [7, 11) is -1.29. The Morgan fingerprint density at radius 1 is 0.955 bits per heavy atom. The molecule has 0 radical (unpaired) electrons. The molecule has 0 aliphatic carbocycles. The third-order valence-corrected chi connectivity index (χ3v) is 4.32. The highest BCUT2D eigenvalue weighted by molar-refractivity contribution is 6.83. The Morgan fingerprint density at radius 2 is 1.59 bits per heavy atom. The van der Waals surface area contributed by atoms with Crippen LogP contribution >= 0.6 is 0 Å². The monoisotopic (exact) mass is 307 g/mol. The Bertz CT molecular complexity index is 642. The van der Waals surface area contributed by atoms with Crippen LogP contribution in [0.15, 0.2) is 54.6 Å². The summed E-state index contributed by atoms with van der Waals surface area (Å²) in [5.41, 5.74) is 7.13. The summed E-state index contributed by atoms with van der Waals surface area (Å²) in [6.07, 6.45) is 0. The van der Waals surface area contributed by atoms with Gasteiger partial charge in [0.25, 0.3) is 0 Å². The molecule has 0 aromatic heterocycles. The lowest BCUT2D eigenvalue weighted by Crippen LogP contribution is -2.18. The fourth-order valence-corrected chi connectivity index (χ4v) is 2.62. The molecule has 1 atom stereocenters. The molecular formula is C20H25NSi. The topological polar surface area (TPSA) is 12.0 Å². The van der Waals surface area contributed by atoms with Crippen LogP contribution < -0.4 is 5.32 Å². The zero-order valence-corrected chi connectivity index (χ0v) is 15.0. The van der Waals surface area contributed by atoms with Crippen molar-refractivity contribution in [1.82, 2.24) is 5.32 Å². The molecule has 0 amide bonds. The minimum Gasteiger partial charge on any atom is -0.306 e. The van der Waals surface area contributed by atoms with Crippen molar-refractivity contribution >= 4 is 8.07 Å². The SMILES string of the molecule is CC(NCc1ccc(C#C[Si](C)(C)C)cc1)c1ccccc1. The van der Waals surface area contributed by atoms with Crippen molar-refractivity contribution in [3.05, 3.63) is 71.3 Å². The summed E-state index contributed by atoms with van der Waals surface area (Å²) in [6.45, 7) is 9.87. The lowest BCUT2D eigenvalue weighted by Gasteiger charge is -2.14. The van der Waals surface area contributed by atoms with Gasteiger partial charge >= 0.3 is 0 Å². The smallest absolute Gasteiger partial charge is 0.129 e. The first-order valence-corrected chi connectivity index (χ1v) is 11.3. The van der Waals surface area contributed by atoms with E-state index in [9.17, 15) is 0 Å². The van der Waals surface area contributed by atoms with Crippen LogP contribution in [0, 0.1) is 11.5 Å². The number of benzene rings is 2. The molecule has 0 saturated carbocycles. The van der Waals surface area contributed by atoms with Crippen molar-refractivity contribution in [2.75, 3.05) is 0 Å². The molecular weight excluding hydrogens is 282 g/mol. The highest BCUT2D eigenvalue weighted by atomic mass is 28.3. The predicted molar refractivity (Wildman–Crippen MR) is 98.4 cm³/mol. The lowest BCUT2D eigenvalue weighted by atomic mass is 10.1. The average Bonchev–Trinajstić information content (AvgIpc) is 2.52. The van der Waals surface area contributed by atoms with Gasteiger partial charge in [0.05, 0.1) is 0 Å². The second-order valence-electron chi connectivity index (χ2n) is 6.71. The zero-order chi connectivity index (χ0) is 16.0. The second-order valence-corrected chi connectivity index (χ2v) is 11.5. The third kappa shape index (κ3) is 5.52. The standard InChI is InChI=1S/C20H25NSi/c1-17(20-8-6-5-7-9-20)21-16-19-12-10-18(11-13-19)14-15-22(2,3)4/h5-13,17,21H,16H2,1-4H3. The van der Waals surface area contributed by atoms with Gasteiger partial charge in [-0.3, -0.25) is 0 Å². The summed E-state index contributed by atoms with van der Waals surface area (Å²) in [4.78, 5) is 0. The Labute approximate surface area is 135 Å². The van der Waals surface area contributed by atoms with Gasteiger partial charge in [0.15, 0.2) is 0 Å². The van der Waals surface area contributed by atoms with E-state index in [1.54, 1.807) is 0 Å². The third-order valence-electron chi connectivity index (χ3n) is 3.45. The normalized spacial score (nSPS) is 12.4. The van der Waals surface area contributed by atoms with E-state index in [0.717, 1.165) is 12.1 Å². The number of nitrogens with one attached hydrogen (secondary N) is 1. The van der Waals surface area contributed by atoms with Crippen LogP contribution in [-0.2, 0) is 6.54 Å². The van der Waals surface area contributed by atoms with Crippen molar-refractivity contribution in [2.24, 2.45) is 0 Å². The molecule has 22 heavy (non-hydrogen) atoms. The number of hydrogen-bond acceptors (Lipinski definition) is 1. The Kier molecular flexibility index (Phi) is 5.60. The van der Waals surface area contributed by atoms with Crippen LogP contribution in [0.2, 0.25) is 19.6 Å². The van der Waals surface area contributed by atoms with Gasteiger partial charge in [-0.15, -0.1) is 5.54 Å². The molecule has 2 rings (SSSR count). The van der Waals surface area contributed by atoms with Gasteiger partial charge in [0.1, 0.15) is 8.07 Å². The molecule has 114 valence electrons. The maximum absolute atomic E-state index is 3.56. The van der Waals surface area contributed by atoms with Gasteiger partial charge < -0.3 is 5.32 Å². The maximum atomic E-state index is 3.56. The fourth-order valence-electron chi connectivity index (χ4n) is 2.10. The van der Waals surface area contributed by atoms with E-state index in [1.165, 1.54) is 11.1 Å². The first-order valence-electron chi connectivity index (χ1n) is 7.84. The number of rotatable bonds is 4. The van der Waals surface area contributed by atoms with Crippen LogP contribution in [0.5, 0.6) is 0 Å². The van der Waals surface area contributed by atoms with E-state index in [0.29, 0.717) is 6.04 Å². The summed E-state index contributed by atoms with van der Waals surface area (Å²) in [5.74, 6) is 3.29. The van der Waals surface area contributed by atoms with Gasteiger partial charge in [-0.05, 0) is 30.2 Å². The van der Waals surface area contributed by atoms with Gasteiger partial charge in [0.2, 0.25) is 0 Å². The van der Waals surface area contributed by atoms with Crippen molar-refractivity contribution in [3.8, 4) is 11.5 Å². The highest BCUT2D eigenvalue weighted by Crippen LogP contribution is 2.12. The number of hydrogen-bond donors (Lipinski definition) is 1. The second kappa shape index (κ2) is 7.44. The van der Waals surface area contributed by atoms with E-state index in [4.69, 9.17) is 0 Å². The van der Waals surface area contributed by atoms with Crippen LogP contribution in [0.3, 0.4) is 0 Å². The van der Waals surface area contributed by atoms with E-state index in [2.05, 4.69) is 97.9 Å². The predicted octanol–water partition coefficient (Wildman–Crippen LogP) is 4.77. The average molecular weight is 308 g/mol. The van der Waals surface area contributed by atoms with Crippen LogP contribution in [0.1, 0.15) is 29.7 Å². The Balaban J connectivity index is 1.93. The first-order chi connectivity index (χ1) is 10.4. The van der Waals surface area contributed by atoms with Crippen molar-refractivity contribution in [3.63, 3.8) is 0 Å². The molecule has 0 heterocycles. The summed E-state index contributed by atoms with van der Waals surface area (Å²) < 4.78 is 0. The Morgan fingerprint density at radius 3 is 2.18 bits per heavy atom. The molecule has 0 saturated heterocycles. The van der Waals surface area contributed by atoms with Gasteiger partial charge in [-0.1, -0.05) is 68.0 Å². The van der Waals surface area contributed by atoms with E-state index < -0.39 is 8.07 Å². The first kappa shape index (κ1) is 16.5. The molecule has 2 aromatic carbocycles. The molecule has 2 aromatic rings. The maximum Gasteiger partial charge on any atom is 0.129 e. The van der Waals surface area contributed by atoms with Crippen molar-refractivity contribution < 1.29 is 0 Å². The van der Waals surface area contributed by atoms with Gasteiger partial charge in [-0.25, -0.2) is 0 Å². The molecule has 0 spiro atoms. The van der Waals surface area contributed by atoms with Crippen molar-refractivity contribution in [1.29, 1.82) is 0 Å². The highest BCUT2D eigenvalue weighted by Gasteiger charge is 2.07. The fraction of sp³-hybridized carbons (Fsp3) is 0.300. The molecule has 0 aliphatic heterocycles. The van der Waals surface area contributed by atoms with Gasteiger partial charge in [0, 0.05) is 18.2 Å². The largest absolute Gasteiger partial charge is 0.306 e. The van der Waals surface area contributed by atoms with E-state index in [1.807, 2.05) is 0 Å². The lowest BCUT2D eigenvalue weighted by molar-refractivity contribution is 0.575. The molecule has 0 fully saturated rings. The molecule has 1 nitrogen and oxygen atoms in total. The molecule has 1 N–H and O–H groups in total. The molecule has 1 unspecified atom stereocenters. The van der Waals surface area contributed by atoms with E-state index >= 15 is 0 Å². The summed E-state index contributed by atoms with van der Waals surface area (Å²) >= 11 is 0. The summed E-state index contributed by atoms with van der Waals surface area (Å²) in [6, 6.07) is 19.5. The van der Waals surface area contributed by atoms with Crippen LogP contribution in [0.4, 0.5) is 0 Å². The minimum atomic E-state index is -1.29. The molecule has 0 aliphatic rings. The quantitative estimate of drug-likeness (QED) is 0.634. The van der Waals surface area contributed by atoms with Crippen LogP contribution in [-0.4, -0.2) is 8.07 Å². The van der Waals surface area contributed by atoms with Crippen molar-refractivity contribution in [2.45, 2.75) is 39.2 Å². The summed E-state index contributed by atoms with van der Waals surface area (Å²) in [5, 5.41) is 3.56. The minimum absolute atomic E-state index is 0.354. The Hall–Kier alpha value is -1.82. The molecule has 2 heteroatoms. The van der Waals surface area contributed by atoms with E-state index in [-0.39, 0.29) is 0 Å². The molecule has 0 bridgehead atoms.